The predicted molar refractivity (Wildman–Crippen MR) is 39.5 cm³/mol. The van der Waals surface area contributed by atoms with E-state index in [1.54, 1.807) is 6.07 Å². The molecular weight excluding hydrogens is 124 g/mol. The third-order valence-electron chi connectivity index (χ3n) is 1.42. The highest BCUT2D eigenvalue weighted by Gasteiger charge is 2.00. The molecule has 0 N–H and O–H groups in total. The first-order chi connectivity index (χ1) is 4.97. The second-order valence-corrected chi connectivity index (χ2v) is 2.09. The van der Waals surface area contributed by atoms with Gasteiger partial charge in [0.05, 0.1) is 11.5 Å². The van der Waals surface area contributed by atoms with Crippen molar-refractivity contribution in [1.29, 1.82) is 0 Å². The highest BCUT2D eigenvalue weighted by molar-refractivity contribution is 5.75. The van der Waals surface area contributed by atoms with Gasteiger partial charge < -0.3 is 0 Å². The lowest BCUT2D eigenvalue weighted by molar-refractivity contribution is 0.594. The van der Waals surface area contributed by atoms with Crippen LogP contribution in [0.25, 0.3) is 11.0 Å². The van der Waals surface area contributed by atoms with Crippen LogP contribution in [-0.4, -0.2) is 0 Å². The number of hydrogen-bond donors (Lipinski definition) is 0. The number of hydrogen-bond acceptors (Lipinski definition) is 0. The molecule has 0 amide bonds. The molecule has 0 saturated heterocycles. The van der Waals surface area contributed by atoms with Gasteiger partial charge in [-0.15, -0.1) is 0 Å². The zero-order valence-corrected chi connectivity index (χ0v) is 5.37. The summed E-state index contributed by atoms with van der Waals surface area (Å²) >= 11 is 0. The van der Waals surface area contributed by atoms with Gasteiger partial charge >= 0.3 is 11.8 Å². The molecule has 1 heterocycles. The van der Waals surface area contributed by atoms with Crippen molar-refractivity contribution >= 4 is 11.0 Å². The lowest BCUT2D eigenvalue weighted by atomic mass is 10.2. The van der Waals surface area contributed by atoms with E-state index in [1.165, 1.54) is 0 Å². The van der Waals surface area contributed by atoms with Crippen molar-refractivity contribution in [3.8, 4) is 0 Å². The van der Waals surface area contributed by atoms with Crippen molar-refractivity contribution in [2.75, 3.05) is 0 Å². The Morgan fingerprint density at radius 1 is 1.10 bits per heavy atom. The van der Waals surface area contributed by atoms with E-state index in [1.807, 2.05) is 30.3 Å². The van der Waals surface area contributed by atoms with E-state index in [2.05, 4.69) is 6.26 Å². The Labute approximate surface area is 58.9 Å². The lowest BCUT2D eigenvalue weighted by Gasteiger charge is -1.80. The zero-order valence-electron chi connectivity index (χ0n) is 5.37. The quantitative estimate of drug-likeness (QED) is 0.499. The molecule has 1 aromatic carbocycles. The number of benzene rings is 1. The summed E-state index contributed by atoms with van der Waals surface area (Å²) in [6.07, 6.45) is 2.66. The number of rotatable bonds is 0. The van der Waals surface area contributed by atoms with E-state index < -0.39 is 0 Å². The van der Waals surface area contributed by atoms with Crippen LogP contribution in [0.5, 0.6) is 0 Å². The fraction of sp³-hybridized carbons (Fsp3) is 0. The van der Waals surface area contributed by atoms with Crippen molar-refractivity contribution in [2.45, 2.75) is 0 Å². The van der Waals surface area contributed by atoms with Crippen LogP contribution < -0.4 is 0 Å². The molecule has 1 aromatic heterocycles. The van der Waals surface area contributed by atoms with Crippen LogP contribution >= 0.6 is 0 Å². The van der Waals surface area contributed by atoms with Crippen LogP contribution in [0, 0.1) is 6.26 Å². The molecule has 10 heavy (non-hydrogen) atoms. The van der Waals surface area contributed by atoms with Crippen molar-refractivity contribution < 1.29 is 4.42 Å². The molecule has 1 heteroatoms. The Hall–Kier alpha value is -1.37. The van der Waals surface area contributed by atoms with Crippen LogP contribution in [0.3, 0.4) is 0 Å². The minimum absolute atomic E-state index is 0.880. The molecule has 0 aliphatic rings. The first-order valence-corrected chi connectivity index (χ1v) is 3.15. The minimum atomic E-state index is 0.880. The van der Waals surface area contributed by atoms with Crippen molar-refractivity contribution in [3.63, 3.8) is 0 Å². The predicted octanol–water partition coefficient (Wildman–Crippen LogP) is 2.51. The SMILES string of the molecule is [c]1ccc2ccccc2[o+]1. The Kier molecular flexibility index (Phi) is 1.14. The van der Waals surface area contributed by atoms with E-state index in [0.717, 1.165) is 11.0 Å². The third kappa shape index (κ3) is 0.760. The molecule has 0 fully saturated rings. The van der Waals surface area contributed by atoms with Crippen molar-refractivity contribution in [2.24, 2.45) is 0 Å². The van der Waals surface area contributed by atoms with Gasteiger partial charge in [-0.2, -0.15) is 4.42 Å². The fourth-order valence-electron chi connectivity index (χ4n) is 0.932. The third-order valence-corrected chi connectivity index (χ3v) is 1.42. The molecule has 0 bridgehead atoms. The monoisotopic (exact) mass is 130 g/mol. The smallest absolute Gasteiger partial charge is 0.197 e. The summed E-state index contributed by atoms with van der Waals surface area (Å²) in [5.41, 5.74) is 0.880. The Morgan fingerprint density at radius 3 is 2.90 bits per heavy atom. The average Bonchev–Trinajstić information content (AvgIpc) is 2.05. The van der Waals surface area contributed by atoms with Gasteiger partial charge in [-0.1, -0.05) is 12.1 Å². The van der Waals surface area contributed by atoms with Crippen molar-refractivity contribution in [3.05, 3.63) is 42.7 Å². The average molecular weight is 130 g/mol. The Balaban J connectivity index is 2.89. The molecular formula is C9H6O+. The standard InChI is InChI=1S/C9H6O/c1-2-6-9-8(4-1)5-3-7-10-9/h1-6H/q+1. The van der Waals surface area contributed by atoms with Gasteiger partial charge in [0.15, 0.2) is 0 Å². The van der Waals surface area contributed by atoms with Gasteiger partial charge in [-0.05, 0) is 12.1 Å². The van der Waals surface area contributed by atoms with Crippen LogP contribution in [0.2, 0.25) is 0 Å². The summed E-state index contributed by atoms with van der Waals surface area (Å²) in [7, 11) is 0. The molecule has 0 unspecified atom stereocenters. The fourth-order valence-corrected chi connectivity index (χ4v) is 0.932. The van der Waals surface area contributed by atoms with Gasteiger partial charge in [0, 0.05) is 6.07 Å². The minimum Gasteiger partial charge on any atom is -0.197 e. The van der Waals surface area contributed by atoms with Gasteiger partial charge in [0.1, 0.15) is 0 Å². The summed E-state index contributed by atoms with van der Waals surface area (Å²) in [6, 6.07) is 11.6. The summed E-state index contributed by atoms with van der Waals surface area (Å²) in [5, 5.41) is 1.11. The van der Waals surface area contributed by atoms with E-state index in [4.69, 9.17) is 4.42 Å². The van der Waals surface area contributed by atoms with Gasteiger partial charge in [-0.3, -0.25) is 0 Å². The van der Waals surface area contributed by atoms with E-state index in [-0.39, 0.29) is 0 Å². The molecule has 2 aromatic rings. The maximum Gasteiger partial charge on any atom is 0.456 e. The molecule has 1 nitrogen and oxygen atoms in total. The number of fused-ring (bicyclic) bond motifs is 1. The summed E-state index contributed by atoms with van der Waals surface area (Å²) < 4.78 is 5.09. The molecule has 0 spiro atoms. The summed E-state index contributed by atoms with van der Waals surface area (Å²) in [4.78, 5) is 0. The Bertz CT molecular complexity index is 276. The molecule has 0 atom stereocenters. The van der Waals surface area contributed by atoms with E-state index in [9.17, 15) is 0 Å². The van der Waals surface area contributed by atoms with E-state index in [0.29, 0.717) is 0 Å². The normalized spacial score (nSPS) is 10.0. The molecule has 0 aliphatic carbocycles. The van der Waals surface area contributed by atoms with Crippen LogP contribution in [0.4, 0.5) is 0 Å². The van der Waals surface area contributed by atoms with Crippen molar-refractivity contribution in [1.82, 2.24) is 0 Å². The maximum atomic E-state index is 5.09. The Morgan fingerprint density at radius 2 is 2.00 bits per heavy atom. The topological polar surface area (TPSA) is 11.3 Å². The van der Waals surface area contributed by atoms with E-state index >= 15 is 0 Å². The summed E-state index contributed by atoms with van der Waals surface area (Å²) in [6.45, 7) is 0. The first-order valence-electron chi connectivity index (χ1n) is 3.15. The second-order valence-electron chi connectivity index (χ2n) is 2.09. The van der Waals surface area contributed by atoms with Gasteiger partial charge in [0.25, 0.3) is 0 Å². The molecule has 47 valence electrons. The molecule has 0 aliphatic heterocycles. The highest BCUT2D eigenvalue weighted by Crippen LogP contribution is 2.10. The highest BCUT2D eigenvalue weighted by atomic mass is 16.3. The van der Waals surface area contributed by atoms with Crippen LogP contribution in [0.15, 0.2) is 40.8 Å². The number of para-hydroxylation sites is 1. The molecule has 1 radical (unpaired) electrons. The van der Waals surface area contributed by atoms with Crippen LogP contribution in [0.1, 0.15) is 0 Å². The summed E-state index contributed by atoms with van der Waals surface area (Å²) in [5.74, 6) is 0. The van der Waals surface area contributed by atoms with Crippen LogP contribution in [-0.2, 0) is 0 Å². The zero-order chi connectivity index (χ0) is 6.81. The molecule has 0 saturated carbocycles. The first kappa shape index (κ1) is 5.42. The van der Waals surface area contributed by atoms with Gasteiger partial charge in [-0.25, -0.2) is 0 Å². The largest absolute Gasteiger partial charge is 0.456 e. The van der Waals surface area contributed by atoms with Gasteiger partial charge in [0.2, 0.25) is 0 Å². The maximum absolute atomic E-state index is 5.09. The second kappa shape index (κ2) is 2.10. The lowest BCUT2D eigenvalue weighted by Crippen LogP contribution is -1.67. The molecule has 2 rings (SSSR count).